The number of hydrogen-bond donors (Lipinski definition) is 0. The summed E-state index contributed by atoms with van der Waals surface area (Å²) in [6.07, 6.45) is 1.88. The van der Waals surface area contributed by atoms with Crippen molar-refractivity contribution in [3.63, 3.8) is 0 Å². The summed E-state index contributed by atoms with van der Waals surface area (Å²) in [6.45, 7) is 5.85. The van der Waals surface area contributed by atoms with E-state index in [4.69, 9.17) is 9.47 Å². The van der Waals surface area contributed by atoms with Crippen LogP contribution >= 0.6 is 0 Å². The normalized spacial score (nSPS) is 15.1. The monoisotopic (exact) mass is 438 g/mol. The molecule has 0 spiro atoms. The van der Waals surface area contributed by atoms with Gasteiger partial charge >= 0.3 is 5.69 Å². The van der Waals surface area contributed by atoms with Crippen LogP contribution < -0.4 is 16.0 Å². The maximum atomic E-state index is 13.4. The van der Waals surface area contributed by atoms with Gasteiger partial charge in [0.05, 0.1) is 26.0 Å². The summed E-state index contributed by atoms with van der Waals surface area (Å²) in [4.78, 5) is 33.3. The van der Waals surface area contributed by atoms with E-state index >= 15 is 0 Å². The molecule has 0 radical (unpaired) electrons. The molecule has 0 amide bonds. The average molecular weight is 438 g/mol. The maximum absolute atomic E-state index is 13.4. The number of morpholine rings is 1. The van der Waals surface area contributed by atoms with Crippen molar-refractivity contribution >= 4 is 16.9 Å². The van der Waals surface area contributed by atoms with E-state index in [-0.39, 0.29) is 11.2 Å². The van der Waals surface area contributed by atoms with Crippen molar-refractivity contribution in [1.29, 1.82) is 0 Å². The van der Waals surface area contributed by atoms with Crippen LogP contribution in [0.1, 0.15) is 5.69 Å². The van der Waals surface area contributed by atoms with Crippen LogP contribution in [0, 0.1) is 6.92 Å². The molecule has 0 aliphatic carbocycles. The van der Waals surface area contributed by atoms with Crippen LogP contribution in [0.4, 0.5) is 0 Å². The first-order valence-corrected chi connectivity index (χ1v) is 10.6. The van der Waals surface area contributed by atoms with Gasteiger partial charge in [-0.15, -0.1) is 0 Å². The van der Waals surface area contributed by atoms with Crippen LogP contribution in [0.25, 0.3) is 22.6 Å². The minimum atomic E-state index is -0.360. The van der Waals surface area contributed by atoms with Gasteiger partial charge in [0.15, 0.2) is 11.2 Å². The zero-order valence-corrected chi connectivity index (χ0v) is 18.4. The molecule has 4 heterocycles. The third-order valence-electron chi connectivity index (χ3n) is 6.08. The van der Waals surface area contributed by atoms with Crippen molar-refractivity contribution in [1.82, 2.24) is 28.0 Å². The van der Waals surface area contributed by atoms with Crippen LogP contribution in [0.2, 0.25) is 0 Å². The molecular weight excluding hydrogens is 412 g/mol. The zero-order valence-electron chi connectivity index (χ0n) is 18.4. The van der Waals surface area contributed by atoms with E-state index in [9.17, 15) is 9.59 Å². The number of aromatic nitrogens is 5. The van der Waals surface area contributed by atoms with Crippen molar-refractivity contribution in [2.45, 2.75) is 13.5 Å². The van der Waals surface area contributed by atoms with Gasteiger partial charge in [-0.25, -0.2) is 4.79 Å². The van der Waals surface area contributed by atoms with E-state index < -0.39 is 0 Å². The van der Waals surface area contributed by atoms with E-state index in [1.54, 1.807) is 18.6 Å². The number of aryl methyl sites for hydroxylation is 2. The van der Waals surface area contributed by atoms with Gasteiger partial charge in [-0.2, -0.15) is 4.98 Å². The summed E-state index contributed by atoms with van der Waals surface area (Å²) in [5.41, 5.74) is 1.86. The number of rotatable bonds is 5. The second-order valence-corrected chi connectivity index (χ2v) is 8.01. The van der Waals surface area contributed by atoms with E-state index in [1.165, 1.54) is 9.13 Å². The Morgan fingerprint density at radius 2 is 1.94 bits per heavy atom. The topological polar surface area (TPSA) is 87.9 Å². The number of hydrogen-bond acceptors (Lipinski definition) is 6. The van der Waals surface area contributed by atoms with Crippen molar-refractivity contribution < 1.29 is 9.47 Å². The molecule has 1 aliphatic rings. The van der Waals surface area contributed by atoms with Crippen molar-refractivity contribution in [2.24, 2.45) is 7.05 Å². The molecular formula is C22H26N6O4. The van der Waals surface area contributed by atoms with Crippen LogP contribution in [0.5, 0.6) is 5.75 Å². The lowest BCUT2D eigenvalue weighted by Gasteiger charge is -2.26. The van der Waals surface area contributed by atoms with Gasteiger partial charge in [0.2, 0.25) is 5.78 Å². The molecule has 10 heteroatoms. The predicted octanol–water partition coefficient (Wildman–Crippen LogP) is 0.788. The molecule has 1 aliphatic heterocycles. The highest BCUT2D eigenvalue weighted by Gasteiger charge is 2.21. The quantitative estimate of drug-likeness (QED) is 0.458. The Labute approximate surface area is 183 Å². The van der Waals surface area contributed by atoms with Crippen LogP contribution in [-0.4, -0.2) is 67.9 Å². The third-order valence-corrected chi connectivity index (χ3v) is 6.08. The molecule has 168 valence electrons. The number of imidazole rings is 2. The molecule has 0 bridgehead atoms. The largest absolute Gasteiger partial charge is 0.497 e. The number of benzene rings is 1. The molecule has 3 aromatic heterocycles. The van der Waals surface area contributed by atoms with Crippen molar-refractivity contribution in [2.75, 3.05) is 40.0 Å². The first kappa shape index (κ1) is 20.5. The van der Waals surface area contributed by atoms with E-state index in [2.05, 4.69) is 9.88 Å². The Balaban J connectivity index is 1.66. The van der Waals surface area contributed by atoms with Crippen LogP contribution in [-0.2, 0) is 18.3 Å². The fourth-order valence-electron chi connectivity index (χ4n) is 4.34. The Kier molecular flexibility index (Phi) is 5.10. The molecule has 4 aromatic rings. The molecule has 0 saturated carbocycles. The fraction of sp³-hybridized carbons (Fsp3) is 0.409. The summed E-state index contributed by atoms with van der Waals surface area (Å²) in [5, 5.41) is 0. The summed E-state index contributed by atoms with van der Waals surface area (Å²) >= 11 is 0. The average Bonchev–Trinajstić information content (AvgIpc) is 3.32. The highest BCUT2D eigenvalue weighted by Crippen LogP contribution is 2.23. The lowest BCUT2D eigenvalue weighted by molar-refractivity contribution is 0.0361. The second kappa shape index (κ2) is 7.95. The highest BCUT2D eigenvalue weighted by atomic mass is 16.5. The van der Waals surface area contributed by atoms with E-state index in [1.807, 2.05) is 42.0 Å². The number of methoxy groups -OCH3 is 1. The predicted molar refractivity (Wildman–Crippen MR) is 120 cm³/mol. The standard InChI is InChI=1S/C22H26N6O4/c1-15-14-27-18-19(23-21(27)28(15)16-5-4-6-17(13-16)31-3)24(2)22(30)26(20(18)29)8-7-25-9-11-32-12-10-25/h4-6,13-14H,7-12H2,1-3H3. The zero-order chi connectivity index (χ0) is 22.4. The van der Waals surface area contributed by atoms with Gasteiger partial charge in [-0.05, 0) is 19.1 Å². The van der Waals surface area contributed by atoms with E-state index in [0.29, 0.717) is 43.2 Å². The minimum absolute atomic E-state index is 0.324. The molecule has 0 N–H and O–H groups in total. The molecule has 32 heavy (non-hydrogen) atoms. The highest BCUT2D eigenvalue weighted by molar-refractivity contribution is 5.76. The third kappa shape index (κ3) is 3.23. The molecule has 5 rings (SSSR count). The molecule has 1 aromatic carbocycles. The van der Waals surface area contributed by atoms with Crippen molar-refractivity contribution in [3.8, 4) is 11.4 Å². The summed E-state index contributed by atoms with van der Waals surface area (Å²) < 4.78 is 17.2. The number of fused-ring (bicyclic) bond motifs is 3. The first-order chi connectivity index (χ1) is 15.5. The molecule has 0 unspecified atom stereocenters. The van der Waals surface area contributed by atoms with Gasteiger partial charge in [-0.1, -0.05) is 6.07 Å². The summed E-state index contributed by atoms with van der Waals surface area (Å²) in [7, 11) is 3.28. The Bertz CT molecular complexity index is 1420. The lowest BCUT2D eigenvalue weighted by atomic mass is 10.3. The SMILES string of the molecule is COc1cccc(-n2c(C)cn3c4c(=O)n(CCN5CCOCC5)c(=O)n(C)c4nc23)c1. The van der Waals surface area contributed by atoms with Crippen LogP contribution in [0.3, 0.4) is 0 Å². The molecule has 1 fully saturated rings. The number of nitrogens with zero attached hydrogens (tertiary/aromatic N) is 6. The minimum Gasteiger partial charge on any atom is -0.497 e. The Hall–Kier alpha value is -3.37. The fourth-order valence-corrected chi connectivity index (χ4v) is 4.34. The number of ether oxygens (including phenoxy) is 2. The lowest BCUT2D eigenvalue weighted by Crippen LogP contribution is -2.44. The smallest absolute Gasteiger partial charge is 0.332 e. The van der Waals surface area contributed by atoms with Gasteiger partial charge in [0.25, 0.3) is 5.56 Å². The summed E-state index contributed by atoms with van der Waals surface area (Å²) in [5.74, 6) is 1.30. The van der Waals surface area contributed by atoms with E-state index in [0.717, 1.165) is 30.2 Å². The summed E-state index contributed by atoms with van der Waals surface area (Å²) in [6, 6.07) is 7.64. The second-order valence-electron chi connectivity index (χ2n) is 8.01. The molecule has 10 nitrogen and oxygen atoms in total. The van der Waals surface area contributed by atoms with Gasteiger partial charge < -0.3 is 9.47 Å². The van der Waals surface area contributed by atoms with Crippen molar-refractivity contribution in [3.05, 3.63) is 57.0 Å². The van der Waals surface area contributed by atoms with Gasteiger partial charge in [-0.3, -0.25) is 27.8 Å². The maximum Gasteiger partial charge on any atom is 0.332 e. The van der Waals surface area contributed by atoms with Gasteiger partial charge in [0.1, 0.15) is 5.75 Å². The Morgan fingerprint density at radius 1 is 1.16 bits per heavy atom. The molecule has 0 atom stereocenters. The Morgan fingerprint density at radius 3 is 2.69 bits per heavy atom. The first-order valence-electron chi connectivity index (χ1n) is 10.6. The van der Waals surface area contributed by atoms with Crippen LogP contribution in [0.15, 0.2) is 40.1 Å². The molecule has 1 saturated heterocycles. The van der Waals surface area contributed by atoms with Gasteiger partial charge in [0, 0.05) is 51.2 Å².